The third-order valence-electron chi connectivity index (χ3n) is 5.78. The van der Waals surface area contributed by atoms with E-state index in [-0.39, 0.29) is 12.1 Å². The normalized spacial score (nSPS) is 27.1. The molecule has 3 heterocycles. The third kappa shape index (κ3) is 4.45. The highest BCUT2D eigenvalue weighted by molar-refractivity contribution is 5.69. The number of carbonyl (C=O) groups is 1. The lowest BCUT2D eigenvalue weighted by Crippen LogP contribution is -2.53. The van der Waals surface area contributed by atoms with Gasteiger partial charge >= 0.3 is 6.09 Å². The summed E-state index contributed by atoms with van der Waals surface area (Å²) in [5, 5.41) is 8.49. The van der Waals surface area contributed by atoms with Crippen molar-refractivity contribution in [1.29, 1.82) is 0 Å². The van der Waals surface area contributed by atoms with Crippen LogP contribution >= 0.6 is 0 Å². The lowest BCUT2D eigenvalue weighted by Gasteiger charge is -2.41. The minimum Gasteiger partial charge on any atom is -0.444 e. The molecular weight excluding hydrogens is 344 g/mol. The molecule has 0 unspecified atom stereocenters. The van der Waals surface area contributed by atoms with Crippen molar-refractivity contribution in [2.75, 3.05) is 13.1 Å². The molecule has 0 radical (unpaired) electrons. The van der Waals surface area contributed by atoms with Crippen LogP contribution in [0.15, 0.2) is 4.42 Å². The van der Waals surface area contributed by atoms with E-state index in [0.717, 1.165) is 38.2 Å². The minimum absolute atomic E-state index is 0.177. The SMILES string of the molecule is CC(C)(C)OC(=O)N1CCC[C@H]1[C@@H]1CCCCN1Cc1nnc(C2CC2)o1. The van der Waals surface area contributed by atoms with E-state index in [1.54, 1.807) is 0 Å². The Balaban J connectivity index is 1.44. The lowest BCUT2D eigenvalue weighted by atomic mass is 9.94. The van der Waals surface area contributed by atoms with E-state index in [9.17, 15) is 4.79 Å². The maximum Gasteiger partial charge on any atom is 0.410 e. The first-order valence-electron chi connectivity index (χ1n) is 10.5. The summed E-state index contributed by atoms with van der Waals surface area (Å²) in [5.41, 5.74) is -0.459. The molecule has 3 fully saturated rings. The highest BCUT2D eigenvalue weighted by Crippen LogP contribution is 2.39. The van der Waals surface area contributed by atoms with Gasteiger partial charge in [-0.2, -0.15) is 0 Å². The van der Waals surface area contributed by atoms with Crippen LogP contribution in [0.5, 0.6) is 0 Å². The average molecular weight is 377 g/mol. The van der Waals surface area contributed by atoms with E-state index in [0.29, 0.717) is 24.4 Å². The summed E-state index contributed by atoms with van der Waals surface area (Å²) in [6.45, 7) is 8.27. The van der Waals surface area contributed by atoms with Crippen LogP contribution in [0.25, 0.3) is 0 Å². The standard InChI is InChI=1S/C20H32N4O3/c1-20(2,3)27-19(25)24-12-6-8-16(24)15-7-4-5-11-23(15)13-17-21-22-18(26-17)14-9-10-14/h14-16H,4-13H2,1-3H3/t15-,16-/m0/s1. The Morgan fingerprint density at radius 2 is 1.85 bits per heavy atom. The quantitative estimate of drug-likeness (QED) is 0.798. The van der Waals surface area contributed by atoms with Crippen molar-refractivity contribution < 1.29 is 13.9 Å². The molecule has 7 heteroatoms. The highest BCUT2D eigenvalue weighted by Gasteiger charge is 2.40. The average Bonchev–Trinajstić information content (AvgIpc) is 3.15. The first kappa shape index (κ1) is 18.7. The van der Waals surface area contributed by atoms with E-state index in [4.69, 9.17) is 9.15 Å². The molecule has 1 aromatic rings. The number of hydrogen-bond acceptors (Lipinski definition) is 6. The van der Waals surface area contributed by atoms with Gasteiger partial charge in [0, 0.05) is 18.5 Å². The molecule has 2 aliphatic heterocycles. The summed E-state index contributed by atoms with van der Waals surface area (Å²) in [5.74, 6) is 2.00. The molecule has 2 saturated heterocycles. The predicted octanol–water partition coefficient (Wildman–Crippen LogP) is 3.70. The molecule has 1 saturated carbocycles. The Hall–Kier alpha value is -1.63. The Morgan fingerprint density at radius 3 is 2.59 bits per heavy atom. The van der Waals surface area contributed by atoms with Crippen molar-refractivity contribution in [2.45, 2.75) is 95.9 Å². The smallest absolute Gasteiger partial charge is 0.410 e. The topological polar surface area (TPSA) is 71.7 Å². The van der Waals surface area contributed by atoms with Crippen LogP contribution < -0.4 is 0 Å². The molecule has 4 rings (SSSR count). The van der Waals surface area contributed by atoms with Crippen LogP contribution in [0.2, 0.25) is 0 Å². The van der Waals surface area contributed by atoms with Crippen LogP contribution in [-0.4, -0.2) is 56.9 Å². The summed E-state index contributed by atoms with van der Waals surface area (Å²) in [4.78, 5) is 17.1. The summed E-state index contributed by atoms with van der Waals surface area (Å²) in [6, 6.07) is 0.552. The van der Waals surface area contributed by atoms with Crippen molar-refractivity contribution in [3.63, 3.8) is 0 Å². The van der Waals surface area contributed by atoms with Gasteiger partial charge in [-0.3, -0.25) is 4.90 Å². The predicted molar refractivity (Wildman–Crippen MR) is 100 cm³/mol. The van der Waals surface area contributed by atoms with Crippen LogP contribution in [0, 0.1) is 0 Å². The summed E-state index contributed by atoms with van der Waals surface area (Å²) in [6.07, 6.45) is 7.73. The minimum atomic E-state index is -0.459. The summed E-state index contributed by atoms with van der Waals surface area (Å²) >= 11 is 0. The number of likely N-dealkylation sites (tertiary alicyclic amines) is 2. The van der Waals surface area contributed by atoms with Gasteiger partial charge in [-0.05, 0) is 65.8 Å². The number of piperidine rings is 1. The second-order valence-corrected chi connectivity index (χ2v) is 9.23. The Kier molecular flexibility index (Phi) is 5.14. The van der Waals surface area contributed by atoms with Gasteiger partial charge in [-0.1, -0.05) is 6.42 Å². The van der Waals surface area contributed by atoms with Crippen molar-refractivity contribution in [3.8, 4) is 0 Å². The molecule has 0 aromatic carbocycles. The van der Waals surface area contributed by atoms with Gasteiger partial charge in [-0.15, -0.1) is 10.2 Å². The zero-order valence-electron chi connectivity index (χ0n) is 16.8. The zero-order valence-corrected chi connectivity index (χ0v) is 16.8. The number of aromatic nitrogens is 2. The zero-order chi connectivity index (χ0) is 19.0. The number of amides is 1. The van der Waals surface area contributed by atoms with E-state index < -0.39 is 5.60 Å². The Morgan fingerprint density at radius 1 is 1.07 bits per heavy atom. The number of rotatable bonds is 4. The van der Waals surface area contributed by atoms with Crippen molar-refractivity contribution in [3.05, 3.63) is 11.8 Å². The number of carbonyl (C=O) groups excluding carboxylic acids is 1. The van der Waals surface area contributed by atoms with E-state index in [2.05, 4.69) is 15.1 Å². The maximum atomic E-state index is 12.7. The van der Waals surface area contributed by atoms with E-state index in [1.807, 2.05) is 25.7 Å². The molecule has 27 heavy (non-hydrogen) atoms. The van der Waals surface area contributed by atoms with Gasteiger partial charge in [0.2, 0.25) is 11.8 Å². The van der Waals surface area contributed by atoms with Crippen LogP contribution in [0.3, 0.4) is 0 Å². The highest BCUT2D eigenvalue weighted by atomic mass is 16.6. The first-order chi connectivity index (χ1) is 12.9. The molecule has 150 valence electrons. The van der Waals surface area contributed by atoms with Crippen molar-refractivity contribution in [1.82, 2.24) is 20.0 Å². The van der Waals surface area contributed by atoms with Crippen LogP contribution in [0.1, 0.15) is 83.4 Å². The molecular formula is C20H32N4O3. The molecule has 7 nitrogen and oxygen atoms in total. The second kappa shape index (κ2) is 7.41. The largest absolute Gasteiger partial charge is 0.444 e. The van der Waals surface area contributed by atoms with Gasteiger partial charge in [0.25, 0.3) is 0 Å². The first-order valence-corrected chi connectivity index (χ1v) is 10.5. The molecule has 0 N–H and O–H groups in total. The molecule has 3 aliphatic rings. The van der Waals surface area contributed by atoms with Gasteiger partial charge in [-0.25, -0.2) is 4.79 Å². The Labute approximate surface area is 161 Å². The molecule has 1 amide bonds. The molecule has 1 aromatic heterocycles. The fraction of sp³-hybridized carbons (Fsp3) is 0.850. The molecule has 0 bridgehead atoms. The lowest BCUT2D eigenvalue weighted by molar-refractivity contribution is 0.00534. The number of nitrogens with zero attached hydrogens (tertiary/aromatic N) is 4. The Bertz CT molecular complexity index is 664. The maximum absolute atomic E-state index is 12.7. The van der Waals surface area contributed by atoms with E-state index >= 15 is 0 Å². The fourth-order valence-electron chi connectivity index (χ4n) is 4.39. The van der Waals surface area contributed by atoms with E-state index in [1.165, 1.54) is 25.7 Å². The van der Waals surface area contributed by atoms with Crippen LogP contribution in [-0.2, 0) is 11.3 Å². The monoisotopic (exact) mass is 376 g/mol. The number of hydrogen-bond donors (Lipinski definition) is 0. The number of ether oxygens (including phenoxy) is 1. The van der Waals surface area contributed by atoms with Gasteiger partial charge < -0.3 is 14.1 Å². The second-order valence-electron chi connectivity index (χ2n) is 9.23. The molecule has 0 spiro atoms. The molecule has 1 aliphatic carbocycles. The van der Waals surface area contributed by atoms with Crippen LogP contribution in [0.4, 0.5) is 4.79 Å². The van der Waals surface area contributed by atoms with Gasteiger partial charge in [0.1, 0.15) is 5.60 Å². The third-order valence-corrected chi connectivity index (χ3v) is 5.78. The van der Waals surface area contributed by atoms with Gasteiger partial charge in [0.15, 0.2) is 0 Å². The fourth-order valence-corrected chi connectivity index (χ4v) is 4.39. The van der Waals surface area contributed by atoms with Crippen molar-refractivity contribution in [2.24, 2.45) is 0 Å². The summed E-state index contributed by atoms with van der Waals surface area (Å²) in [7, 11) is 0. The van der Waals surface area contributed by atoms with Crippen molar-refractivity contribution >= 4 is 6.09 Å². The molecule has 2 atom stereocenters. The van der Waals surface area contributed by atoms with Gasteiger partial charge in [0.05, 0.1) is 12.6 Å². The summed E-state index contributed by atoms with van der Waals surface area (Å²) < 4.78 is 11.6.